The van der Waals surface area contributed by atoms with Crippen molar-refractivity contribution in [1.82, 2.24) is 5.32 Å². The van der Waals surface area contributed by atoms with Crippen LogP contribution in [-0.2, 0) is 9.59 Å². The highest BCUT2D eigenvalue weighted by Gasteiger charge is 2.14. The second-order valence-corrected chi connectivity index (χ2v) is 2.80. The highest BCUT2D eigenvalue weighted by Crippen LogP contribution is 1.90. The Morgan fingerprint density at radius 1 is 1.54 bits per heavy atom. The van der Waals surface area contributed by atoms with Gasteiger partial charge in [0.15, 0.2) is 0 Å². The zero-order valence-corrected chi connectivity index (χ0v) is 7.49. The minimum Gasteiger partial charge on any atom is -0.381 e. The first-order valence-corrected chi connectivity index (χ1v) is 3.94. The fourth-order valence-corrected chi connectivity index (χ4v) is 0.579. The molecule has 0 aliphatic rings. The predicted octanol–water partition coefficient (Wildman–Crippen LogP) is -2.46. The second-order valence-electron chi connectivity index (χ2n) is 2.80. The molecule has 0 rings (SSSR count). The molecule has 6 N–H and O–H groups in total. The van der Waals surface area contributed by atoms with E-state index < -0.39 is 12.0 Å². The maximum absolute atomic E-state index is 11.0. The average Bonchev–Trinajstić information content (AvgIpc) is 2.11. The summed E-state index contributed by atoms with van der Waals surface area (Å²) in [7, 11) is 0. The van der Waals surface area contributed by atoms with E-state index in [1.165, 1.54) is 0 Å². The first-order chi connectivity index (χ1) is 5.99. The van der Waals surface area contributed by atoms with E-state index in [2.05, 4.69) is 5.32 Å². The minimum absolute atomic E-state index is 0.168. The quantitative estimate of drug-likeness (QED) is 0.383. The third-order valence-corrected chi connectivity index (χ3v) is 1.60. The van der Waals surface area contributed by atoms with Crippen LogP contribution in [-0.4, -0.2) is 36.1 Å². The first kappa shape index (κ1) is 11.9. The summed E-state index contributed by atoms with van der Waals surface area (Å²) in [6.45, 7) is 1.70. The number of carbonyl (C=O) groups is 2. The Balaban J connectivity index is 3.76. The Bertz CT molecular complexity index is 195. The molecule has 6 nitrogen and oxygen atoms in total. The van der Waals surface area contributed by atoms with Gasteiger partial charge in [0.1, 0.15) is 6.10 Å². The van der Waals surface area contributed by atoms with Gasteiger partial charge >= 0.3 is 0 Å². The zero-order chi connectivity index (χ0) is 10.4. The molecule has 0 aliphatic heterocycles. The Morgan fingerprint density at radius 3 is 2.46 bits per heavy atom. The van der Waals surface area contributed by atoms with Crippen LogP contribution < -0.4 is 16.8 Å². The average molecular weight is 189 g/mol. The van der Waals surface area contributed by atoms with Gasteiger partial charge in [-0.3, -0.25) is 9.59 Å². The summed E-state index contributed by atoms with van der Waals surface area (Å²) in [4.78, 5) is 21.4. The molecule has 2 atom stereocenters. The third kappa shape index (κ3) is 4.44. The summed E-state index contributed by atoms with van der Waals surface area (Å²) in [6, 6.07) is 0. The van der Waals surface area contributed by atoms with E-state index in [1.54, 1.807) is 6.92 Å². The number of amides is 2. The molecule has 0 fully saturated rings. The molecular formula is C7H15N3O3. The zero-order valence-electron chi connectivity index (χ0n) is 7.49. The number of carbonyl (C=O) groups excluding carboxylic acids is 2. The standard InChI is InChI=1S/C7H15N3O3/c1-4(2-8)7(13)10-3-5(11)6(9)12/h4-5,11H,2-3,8H2,1H3,(H2,9,12)(H,10,13). The minimum atomic E-state index is -1.34. The Hall–Kier alpha value is -1.14. The second kappa shape index (κ2) is 5.50. The Morgan fingerprint density at radius 2 is 2.08 bits per heavy atom. The van der Waals surface area contributed by atoms with Crippen molar-refractivity contribution in [2.45, 2.75) is 13.0 Å². The number of nitrogens with two attached hydrogens (primary N) is 2. The van der Waals surface area contributed by atoms with Gasteiger partial charge in [-0.15, -0.1) is 0 Å². The van der Waals surface area contributed by atoms with Crippen LogP contribution in [0, 0.1) is 5.92 Å². The molecule has 0 heterocycles. The van der Waals surface area contributed by atoms with Crippen molar-refractivity contribution in [3.05, 3.63) is 0 Å². The van der Waals surface area contributed by atoms with E-state index in [0.29, 0.717) is 0 Å². The van der Waals surface area contributed by atoms with Gasteiger partial charge in [-0.2, -0.15) is 0 Å². The van der Waals surface area contributed by atoms with Crippen LogP contribution in [0.25, 0.3) is 0 Å². The molecule has 0 aromatic rings. The molecule has 13 heavy (non-hydrogen) atoms. The van der Waals surface area contributed by atoms with Gasteiger partial charge in [0.2, 0.25) is 11.8 Å². The third-order valence-electron chi connectivity index (χ3n) is 1.60. The van der Waals surface area contributed by atoms with E-state index in [-0.39, 0.29) is 24.9 Å². The van der Waals surface area contributed by atoms with Crippen molar-refractivity contribution in [3.8, 4) is 0 Å². The molecule has 0 aromatic heterocycles. The molecule has 0 aromatic carbocycles. The fourth-order valence-electron chi connectivity index (χ4n) is 0.579. The molecule has 0 bridgehead atoms. The highest BCUT2D eigenvalue weighted by atomic mass is 16.3. The van der Waals surface area contributed by atoms with Gasteiger partial charge in [-0.1, -0.05) is 6.92 Å². The van der Waals surface area contributed by atoms with Crippen molar-refractivity contribution in [1.29, 1.82) is 0 Å². The predicted molar refractivity (Wildman–Crippen MR) is 46.4 cm³/mol. The van der Waals surface area contributed by atoms with Gasteiger partial charge < -0.3 is 21.9 Å². The molecule has 2 unspecified atom stereocenters. The van der Waals surface area contributed by atoms with E-state index in [4.69, 9.17) is 16.6 Å². The number of rotatable bonds is 5. The summed E-state index contributed by atoms with van der Waals surface area (Å²) in [6.07, 6.45) is -1.34. The van der Waals surface area contributed by atoms with Crippen molar-refractivity contribution in [3.63, 3.8) is 0 Å². The van der Waals surface area contributed by atoms with Gasteiger partial charge in [-0.05, 0) is 0 Å². The molecule has 6 heteroatoms. The Kier molecular flexibility index (Phi) is 5.01. The van der Waals surface area contributed by atoms with Crippen LogP contribution in [0.5, 0.6) is 0 Å². The molecular weight excluding hydrogens is 174 g/mol. The van der Waals surface area contributed by atoms with Crippen molar-refractivity contribution >= 4 is 11.8 Å². The lowest BCUT2D eigenvalue weighted by molar-refractivity contribution is -0.128. The van der Waals surface area contributed by atoms with E-state index in [1.807, 2.05) is 0 Å². The molecule has 76 valence electrons. The molecule has 2 amide bonds. The highest BCUT2D eigenvalue weighted by molar-refractivity contribution is 5.81. The molecule has 0 radical (unpaired) electrons. The van der Waals surface area contributed by atoms with Crippen molar-refractivity contribution < 1.29 is 14.7 Å². The summed E-state index contributed by atoms with van der Waals surface area (Å²) in [5.74, 6) is -1.50. The topological polar surface area (TPSA) is 118 Å². The normalized spacial score (nSPS) is 14.7. The lowest BCUT2D eigenvalue weighted by Crippen LogP contribution is -2.42. The summed E-state index contributed by atoms with van der Waals surface area (Å²) in [5, 5.41) is 11.3. The van der Waals surface area contributed by atoms with Crippen molar-refractivity contribution in [2.75, 3.05) is 13.1 Å². The van der Waals surface area contributed by atoms with Gasteiger partial charge in [0.25, 0.3) is 0 Å². The number of nitrogens with one attached hydrogen (secondary N) is 1. The number of aliphatic hydroxyl groups is 1. The van der Waals surface area contributed by atoms with Crippen molar-refractivity contribution in [2.24, 2.45) is 17.4 Å². The van der Waals surface area contributed by atoms with Crippen LogP contribution in [0.15, 0.2) is 0 Å². The largest absolute Gasteiger partial charge is 0.381 e. The summed E-state index contributed by atoms with van der Waals surface area (Å²) < 4.78 is 0. The van der Waals surface area contributed by atoms with Crippen LogP contribution in [0.2, 0.25) is 0 Å². The van der Waals surface area contributed by atoms with E-state index in [0.717, 1.165) is 0 Å². The maximum Gasteiger partial charge on any atom is 0.248 e. The fraction of sp³-hybridized carbons (Fsp3) is 0.714. The molecule has 0 saturated carbocycles. The number of hydrogen-bond acceptors (Lipinski definition) is 4. The van der Waals surface area contributed by atoms with Crippen LogP contribution >= 0.6 is 0 Å². The Labute approximate surface area is 76.3 Å². The lowest BCUT2D eigenvalue weighted by atomic mass is 10.1. The van der Waals surface area contributed by atoms with Crippen LogP contribution in [0.1, 0.15) is 6.92 Å². The molecule has 0 spiro atoms. The summed E-state index contributed by atoms with van der Waals surface area (Å²) >= 11 is 0. The van der Waals surface area contributed by atoms with Crippen LogP contribution in [0.4, 0.5) is 0 Å². The monoisotopic (exact) mass is 189 g/mol. The first-order valence-electron chi connectivity index (χ1n) is 3.94. The SMILES string of the molecule is CC(CN)C(=O)NCC(O)C(N)=O. The lowest BCUT2D eigenvalue weighted by Gasteiger charge is -2.11. The molecule has 0 saturated heterocycles. The smallest absolute Gasteiger partial charge is 0.248 e. The number of primary amides is 1. The van der Waals surface area contributed by atoms with E-state index in [9.17, 15) is 9.59 Å². The number of hydrogen-bond donors (Lipinski definition) is 4. The summed E-state index contributed by atoms with van der Waals surface area (Å²) in [5.41, 5.74) is 9.99. The van der Waals surface area contributed by atoms with Crippen LogP contribution in [0.3, 0.4) is 0 Å². The maximum atomic E-state index is 11.0. The number of aliphatic hydroxyl groups excluding tert-OH is 1. The molecule has 0 aliphatic carbocycles. The van der Waals surface area contributed by atoms with Gasteiger partial charge in [0.05, 0.1) is 6.54 Å². The van der Waals surface area contributed by atoms with Gasteiger partial charge in [0, 0.05) is 12.5 Å². The van der Waals surface area contributed by atoms with Gasteiger partial charge in [-0.25, -0.2) is 0 Å². The van der Waals surface area contributed by atoms with E-state index >= 15 is 0 Å².